The first-order valence-electron chi connectivity index (χ1n) is 5.53. The van der Waals surface area contributed by atoms with Crippen LogP contribution >= 0.6 is 12.4 Å². The number of benzene rings is 1. The van der Waals surface area contributed by atoms with E-state index in [0.717, 1.165) is 5.56 Å². The molecular weight excluding hydrogens is 236 g/mol. The topological polar surface area (TPSA) is 32.3 Å². The Balaban J connectivity index is 0.00000256. The predicted molar refractivity (Wildman–Crippen MR) is 73.5 cm³/mol. The van der Waals surface area contributed by atoms with E-state index in [1.54, 1.807) is 11.9 Å². The second-order valence-electron chi connectivity index (χ2n) is 4.12. The minimum Gasteiger partial charge on any atom is -0.338 e. The van der Waals surface area contributed by atoms with Crippen molar-refractivity contribution in [3.63, 3.8) is 0 Å². The molecule has 0 heterocycles. The fourth-order valence-corrected chi connectivity index (χ4v) is 1.56. The number of halogens is 1. The molecule has 17 heavy (non-hydrogen) atoms. The number of amides is 1. The van der Waals surface area contributed by atoms with Gasteiger partial charge in [-0.05, 0) is 26.5 Å². The second-order valence-corrected chi connectivity index (χ2v) is 4.12. The van der Waals surface area contributed by atoms with Crippen LogP contribution in [0.15, 0.2) is 24.3 Å². The van der Waals surface area contributed by atoms with Gasteiger partial charge in [-0.2, -0.15) is 0 Å². The van der Waals surface area contributed by atoms with E-state index in [-0.39, 0.29) is 24.4 Å². The summed E-state index contributed by atoms with van der Waals surface area (Å²) in [5, 5.41) is 2.87. The normalized spacial score (nSPS) is 11.5. The molecule has 0 aromatic heterocycles. The highest BCUT2D eigenvalue weighted by molar-refractivity contribution is 5.85. The van der Waals surface area contributed by atoms with Gasteiger partial charge < -0.3 is 10.2 Å². The van der Waals surface area contributed by atoms with Crippen LogP contribution in [0.2, 0.25) is 0 Å². The predicted octanol–water partition coefficient (Wildman–Crippen LogP) is 2.16. The molecule has 96 valence electrons. The molecule has 0 bridgehead atoms. The molecule has 0 aliphatic rings. The van der Waals surface area contributed by atoms with E-state index in [0.29, 0.717) is 6.54 Å². The van der Waals surface area contributed by atoms with E-state index in [1.807, 2.05) is 14.0 Å². The fraction of sp³-hybridized carbons (Fsp3) is 0.462. The standard InChI is InChI=1S/C13H20N2O.ClH/c1-10-5-7-12(8-6-10)11(2)15(4)13(16)9-14-3;/h5-8,11,14H,9H2,1-4H3;1H. The molecule has 3 nitrogen and oxygen atoms in total. The number of nitrogens with one attached hydrogen (secondary N) is 1. The van der Waals surface area contributed by atoms with Gasteiger partial charge in [0, 0.05) is 7.05 Å². The van der Waals surface area contributed by atoms with Crippen LogP contribution in [0, 0.1) is 6.92 Å². The maximum Gasteiger partial charge on any atom is 0.236 e. The number of hydrogen-bond acceptors (Lipinski definition) is 2. The lowest BCUT2D eigenvalue weighted by Crippen LogP contribution is -2.35. The molecule has 1 atom stereocenters. The van der Waals surface area contributed by atoms with Crippen molar-refractivity contribution < 1.29 is 4.79 Å². The number of likely N-dealkylation sites (N-methyl/N-ethyl adjacent to an activating group) is 2. The molecule has 0 saturated carbocycles. The first kappa shape index (κ1) is 15.9. The Morgan fingerprint density at radius 2 is 1.88 bits per heavy atom. The minimum absolute atomic E-state index is 0. The second kappa shape index (κ2) is 7.30. The zero-order chi connectivity index (χ0) is 12.1. The molecule has 0 radical (unpaired) electrons. The number of hydrogen-bond donors (Lipinski definition) is 1. The summed E-state index contributed by atoms with van der Waals surface area (Å²) in [5.41, 5.74) is 2.40. The SMILES string of the molecule is CNCC(=O)N(C)C(C)c1ccc(C)cc1.Cl. The van der Waals surface area contributed by atoms with Crippen LogP contribution in [0.5, 0.6) is 0 Å². The molecule has 1 aromatic rings. The molecule has 1 rings (SSSR count). The molecule has 4 heteroatoms. The largest absolute Gasteiger partial charge is 0.338 e. The molecule has 0 aliphatic carbocycles. The van der Waals surface area contributed by atoms with Crippen LogP contribution in [-0.4, -0.2) is 31.4 Å². The summed E-state index contributed by atoms with van der Waals surface area (Å²) in [6, 6.07) is 8.40. The Morgan fingerprint density at radius 3 is 2.35 bits per heavy atom. The van der Waals surface area contributed by atoms with Crippen molar-refractivity contribution in [3.05, 3.63) is 35.4 Å². The van der Waals surface area contributed by atoms with Gasteiger partial charge in [0.25, 0.3) is 0 Å². The highest BCUT2D eigenvalue weighted by Crippen LogP contribution is 2.18. The van der Waals surface area contributed by atoms with Gasteiger partial charge in [0.05, 0.1) is 12.6 Å². The number of rotatable bonds is 4. The third kappa shape index (κ3) is 4.36. The zero-order valence-corrected chi connectivity index (χ0v) is 11.7. The third-order valence-corrected chi connectivity index (χ3v) is 2.86. The highest BCUT2D eigenvalue weighted by atomic mass is 35.5. The van der Waals surface area contributed by atoms with E-state index in [4.69, 9.17) is 0 Å². The van der Waals surface area contributed by atoms with E-state index in [9.17, 15) is 4.79 Å². The van der Waals surface area contributed by atoms with Gasteiger partial charge in [0.15, 0.2) is 0 Å². The molecule has 1 aromatic carbocycles. The summed E-state index contributed by atoms with van der Waals surface area (Å²) in [6.45, 7) is 4.48. The first-order valence-corrected chi connectivity index (χ1v) is 5.53. The smallest absolute Gasteiger partial charge is 0.236 e. The van der Waals surface area contributed by atoms with Crippen LogP contribution in [0.4, 0.5) is 0 Å². The Hall–Kier alpha value is -1.06. The molecule has 0 fully saturated rings. The summed E-state index contributed by atoms with van der Waals surface area (Å²) in [5.74, 6) is 0.107. The van der Waals surface area contributed by atoms with Crippen molar-refractivity contribution in [2.45, 2.75) is 19.9 Å². The lowest BCUT2D eigenvalue weighted by molar-refractivity contribution is -0.130. The highest BCUT2D eigenvalue weighted by Gasteiger charge is 2.16. The summed E-state index contributed by atoms with van der Waals surface area (Å²) in [6.07, 6.45) is 0. The zero-order valence-electron chi connectivity index (χ0n) is 10.9. The van der Waals surface area contributed by atoms with Crippen molar-refractivity contribution in [1.29, 1.82) is 0 Å². The fourth-order valence-electron chi connectivity index (χ4n) is 1.56. The van der Waals surface area contributed by atoms with Crippen LogP contribution < -0.4 is 5.32 Å². The van der Waals surface area contributed by atoms with E-state index in [1.165, 1.54) is 5.56 Å². The molecule has 1 N–H and O–H groups in total. The van der Waals surface area contributed by atoms with Gasteiger partial charge >= 0.3 is 0 Å². The average Bonchev–Trinajstić information content (AvgIpc) is 2.28. The number of carbonyl (C=O) groups excluding carboxylic acids is 1. The van der Waals surface area contributed by atoms with Crippen molar-refractivity contribution in [2.24, 2.45) is 0 Å². The number of carbonyl (C=O) groups is 1. The van der Waals surface area contributed by atoms with Crippen molar-refractivity contribution in [1.82, 2.24) is 10.2 Å². The molecule has 1 unspecified atom stereocenters. The number of aryl methyl sites for hydroxylation is 1. The average molecular weight is 257 g/mol. The Labute approximate surface area is 110 Å². The molecular formula is C13H21ClN2O. The van der Waals surface area contributed by atoms with Crippen LogP contribution in [0.25, 0.3) is 0 Å². The Morgan fingerprint density at radius 1 is 1.35 bits per heavy atom. The maximum atomic E-state index is 11.7. The lowest BCUT2D eigenvalue weighted by Gasteiger charge is -2.25. The van der Waals surface area contributed by atoms with E-state index >= 15 is 0 Å². The summed E-state index contributed by atoms with van der Waals surface area (Å²) < 4.78 is 0. The summed E-state index contributed by atoms with van der Waals surface area (Å²) in [7, 11) is 3.62. The van der Waals surface area contributed by atoms with Crippen molar-refractivity contribution in [3.8, 4) is 0 Å². The first-order chi connectivity index (χ1) is 7.56. The van der Waals surface area contributed by atoms with Gasteiger partial charge in [-0.15, -0.1) is 12.4 Å². The summed E-state index contributed by atoms with van der Waals surface area (Å²) in [4.78, 5) is 13.5. The Kier molecular flexibility index (Phi) is 6.85. The van der Waals surface area contributed by atoms with Gasteiger partial charge in [-0.25, -0.2) is 0 Å². The monoisotopic (exact) mass is 256 g/mol. The quantitative estimate of drug-likeness (QED) is 0.896. The van der Waals surface area contributed by atoms with Gasteiger partial charge in [-0.3, -0.25) is 4.79 Å². The van der Waals surface area contributed by atoms with Crippen LogP contribution in [-0.2, 0) is 4.79 Å². The minimum atomic E-state index is 0. The van der Waals surface area contributed by atoms with Crippen LogP contribution in [0.3, 0.4) is 0 Å². The Bertz CT molecular complexity index is 351. The van der Waals surface area contributed by atoms with Crippen molar-refractivity contribution >= 4 is 18.3 Å². The molecule has 0 spiro atoms. The van der Waals surface area contributed by atoms with Crippen molar-refractivity contribution in [2.75, 3.05) is 20.6 Å². The summed E-state index contributed by atoms with van der Waals surface area (Å²) >= 11 is 0. The molecule has 0 aliphatic heterocycles. The third-order valence-electron chi connectivity index (χ3n) is 2.86. The van der Waals surface area contributed by atoms with Gasteiger partial charge in [0.1, 0.15) is 0 Å². The van der Waals surface area contributed by atoms with Crippen LogP contribution in [0.1, 0.15) is 24.1 Å². The lowest BCUT2D eigenvalue weighted by atomic mass is 10.1. The van der Waals surface area contributed by atoms with Gasteiger partial charge in [0.2, 0.25) is 5.91 Å². The molecule has 1 amide bonds. The maximum absolute atomic E-state index is 11.7. The molecule has 0 saturated heterocycles. The number of nitrogens with zero attached hydrogens (tertiary/aromatic N) is 1. The van der Waals surface area contributed by atoms with E-state index < -0.39 is 0 Å². The van der Waals surface area contributed by atoms with Gasteiger partial charge in [-0.1, -0.05) is 29.8 Å². The van der Waals surface area contributed by atoms with E-state index in [2.05, 4.69) is 36.5 Å².